The monoisotopic (exact) mass is 474 g/mol. The summed E-state index contributed by atoms with van der Waals surface area (Å²) >= 11 is 0. The van der Waals surface area contributed by atoms with Crippen LogP contribution in [-0.2, 0) is 23.9 Å². The molecule has 0 spiro atoms. The summed E-state index contributed by atoms with van der Waals surface area (Å²) in [7, 11) is 1.37. The molecule has 0 aromatic rings. The molecular weight excluding hydrogens is 436 g/mol. The first kappa shape index (κ1) is 25.2. The van der Waals surface area contributed by atoms with Crippen molar-refractivity contribution in [3.8, 4) is 0 Å². The molecule has 4 rings (SSSR count). The first-order valence-electron chi connectivity index (χ1n) is 13.0. The predicted octanol–water partition coefficient (Wildman–Crippen LogP) is 1.76. The average molecular weight is 475 g/mol. The fourth-order valence-electron chi connectivity index (χ4n) is 9.12. The number of rotatable bonds is 6. The normalized spacial score (nSPS) is 44.4. The molecule has 190 valence electrons. The number of ether oxygens (including phenoxy) is 1. The summed E-state index contributed by atoms with van der Waals surface area (Å²) in [5.41, 5.74) is -0.801. The highest BCUT2D eigenvalue weighted by Gasteiger charge is 2.66. The summed E-state index contributed by atoms with van der Waals surface area (Å²) in [6, 6.07) is 0. The lowest BCUT2D eigenvalue weighted by Gasteiger charge is -2.63. The summed E-state index contributed by atoms with van der Waals surface area (Å²) in [6.07, 6.45) is 5.03. The Morgan fingerprint density at radius 3 is 2.38 bits per heavy atom. The Kier molecular flexibility index (Phi) is 6.62. The van der Waals surface area contributed by atoms with Crippen LogP contribution in [0.4, 0.5) is 0 Å². The molecule has 0 aromatic heterocycles. The Hall–Kier alpha value is -1.92. The number of Topliss-reactive ketones (excluding diaryl/α,β-unsaturated/α-hetero) is 1. The Labute approximate surface area is 202 Å². The Morgan fingerprint density at radius 1 is 1.06 bits per heavy atom. The molecule has 4 saturated carbocycles. The number of carbonyl (C=O) groups is 4. The van der Waals surface area contributed by atoms with E-state index >= 15 is 0 Å². The second kappa shape index (κ2) is 8.94. The largest absolute Gasteiger partial charge is 0.550 e. The predicted molar refractivity (Wildman–Crippen MR) is 118 cm³/mol. The second-order valence-electron chi connectivity index (χ2n) is 12.2. The number of esters is 1. The summed E-state index contributed by atoms with van der Waals surface area (Å²) in [4.78, 5) is 49.4. The maximum absolute atomic E-state index is 13.6. The van der Waals surface area contributed by atoms with Crippen molar-refractivity contribution in [1.29, 1.82) is 0 Å². The van der Waals surface area contributed by atoms with Crippen molar-refractivity contribution >= 4 is 23.7 Å². The summed E-state index contributed by atoms with van der Waals surface area (Å²) < 4.78 is 4.79. The topological polar surface area (TPSA) is 124 Å². The van der Waals surface area contributed by atoms with Gasteiger partial charge >= 0.3 is 5.97 Å². The van der Waals surface area contributed by atoms with Crippen molar-refractivity contribution in [3.05, 3.63) is 0 Å². The van der Waals surface area contributed by atoms with Crippen LogP contribution in [0.3, 0.4) is 0 Å². The van der Waals surface area contributed by atoms with Crippen molar-refractivity contribution in [2.24, 2.45) is 58.2 Å². The van der Waals surface area contributed by atoms with Crippen LogP contribution in [0.5, 0.6) is 0 Å². The van der Waals surface area contributed by atoms with E-state index in [0.29, 0.717) is 44.9 Å². The molecule has 4 aliphatic rings. The second-order valence-corrected chi connectivity index (χ2v) is 12.2. The number of carboxylic acids is 2. The number of aliphatic carboxylic acids is 2. The van der Waals surface area contributed by atoms with Gasteiger partial charge in [-0.15, -0.1) is 0 Å². The smallest absolute Gasteiger partial charge is 0.305 e. The van der Waals surface area contributed by atoms with E-state index in [-0.39, 0.29) is 52.7 Å². The van der Waals surface area contributed by atoms with Gasteiger partial charge in [0.1, 0.15) is 5.78 Å². The molecule has 34 heavy (non-hydrogen) atoms. The van der Waals surface area contributed by atoms with E-state index in [1.165, 1.54) is 7.11 Å². The van der Waals surface area contributed by atoms with Gasteiger partial charge in [0, 0.05) is 36.6 Å². The van der Waals surface area contributed by atoms with Gasteiger partial charge in [0.15, 0.2) is 0 Å². The van der Waals surface area contributed by atoms with E-state index in [2.05, 4.69) is 20.8 Å². The van der Waals surface area contributed by atoms with Crippen LogP contribution < -0.4 is 10.2 Å². The molecule has 0 N–H and O–H groups in total. The molecule has 7 heteroatoms. The molecule has 0 amide bonds. The fraction of sp³-hybridized carbons (Fsp3) is 0.852. The van der Waals surface area contributed by atoms with E-state index < -0.39 is 29.2 Å². The third-order valence-corrected chi connectivity index (χ3v) is 11.0. The van der Waals surface area contributed by atoms with Crippen molar-refractivity contribution in [3.63, 3.8) is 0 Å². The Morgan fingerprint density at radius 2 is 1.76 bits per heavy atom. The maximum atomic E-state index is 13.6. The van der Waals surface area contributed by atoms with E-state index in [0.717, 1.165) is 12.8 Å². The minimum atomic E-state index is -1.04. The molecule has 0 unspecified atom stereocenters. The third-order valence-electron chi connectivity index (χ3n) is 11.0. The van der Waals surface area contributed by atoms with Gasteiger partial charge in [-0.25, -0.2) is 0 Å². The molecule has 4 aliphatic carbocycles. The number of hydrogen-bond acceptors (Lipinski definition) is 7. The van der Waals surface area contributed by atoms with Crippen LogP contribution in [0, 0.1) is 58.2 Å². The molecule has 7 nitrogen and oxygen atoms in total. The first-order chi connectivity index (χ1) is 15.9. The van der Waals surface area contributed by atoms with Gasteiger partial charge in [0.25, 0.3) is 0 Å². The van der Waals surface area contributed by atoms with E-state index in [9.17, 15) is 29.4 Å². The summed E-state index contributed by atoms with van der Waals surface area (Å²) in [5.74, 6) is -3.43. The molecular formula is C27H38O7-2. The standard InChI is InChI=1S/C27H40O7/c1-14(5-8-22(29)34-4)17-6-7-18-23-19(13-20(25(32)33)27(17,18)3)26(2)10-9-15(24(30)31)11-16(26)12-21(23)28/h14-20,23H,5-13H2,1-4H3,(H,30,31)(H,32,33)/p-2/t14-,15+,16-,17+,18-,19-,20+,23+,26-,27+/m0/s1. The molecule has 0 aliphatic heterocycles. The van der Waals surface area contributed by atoms with Crippen LogP contribution in [0.15, 0.2) is 0 Å². The van der Waals surface area contributed by atoms with E-state index in [4.69, 9.17) is 4.74 Å². The molecule has 0 radical (unpaired) electrons. The highest BCUT2D eigenvalue weighted by molar-refractivity contribution is 5.84. The van der Waals surface area contributed by atoms with Gasteiger partial charge in [0.05, 0.1) is 7.11 Å². The highest BCUT2D eigenvalue weighted by Crippen LogP contribution is 2.69. The van der Waals surface area contributed by atoms with E-state index in [1.54, 1.807) is 0 Å². The van der Waals surface area contributed by atoms with Crippen LogP contribution >= 0.6 is 0 Å². The van der Waals surface area contributed by atoms with Crippen LogP contribution in [0.2, 0.25) is 0 Å². The quantitative estimate of drug-likeness (QED) is 0.537. The van der Waals surface area contributed by atoms with Crippen molar-refractivity contribution < 1.29 is 34.1 Å². The van der Waals surface area contributed by atoms with Crippen LogP contribution in [-0.4, -0.2) is 30.8 Å². The van der Waals surface area contributed by atoms with Crippen molar-refractivity contribution in [2.75, 3.05) is 7.11 Å². The average Bonchev–Trinajstić information content (AvgIpc) is 3.14. The fourth-order valence-corrected chi connectivity index (χ4v) is 9.12. The van der Waals surface area contributed by atoms with Gasteiger partial charge in [0.2, 0.25) is 0 Å². The lowest BCUT2D eigenvalue weighted by molar-refractivity contribution is -0.321. The zero-order chi connectivity index (χ0) is 25.0. The van der Waals surface area contributed by atoms with Crippen LogP contribution in [0.25, 0.3) is 0 Å². The summed E-state index contributed by atoms with van der Waals surface area (Å²) in [6.45, 7) is 6.30. The lowest BCUT2D eigenvalue weighted by Crippen LogP contribution is -2.62. The van der Waals surface area contributed by atoms with Gasteiger partial charge in [-0.1, -0.05) is 20.8 Å². The van der Waals surface area contributed by atoms with Crippen LogP contribution in [0.1, 0.15) is 78.6 Å². The number of hydrogen-bond donors (Lipinski definition) is 0. The summed E-state index contributed by atoms with van der Waals surface area (Å²) in [5, 5.41) is 24.1. The lowest BCUT2D eigenvalue weighted by atomic mass is 9.41. The van der Waals surface area contributed by atoms with Gasteiger partial charge in [-0.2, -0.15) is 0 Å². The minimum absolute atomic E-state index is 0.0242. The number of carbonyl (C=O) groups excluding carboxylic acids is 4. The number of carboxylic acid groups (broad SMARTS) is 2. The maximum Gasteiger partial charge on any atom is 0.305 e. The first-order valence-corrected chi connectivity index (χ1v) is 13.0. The molecule has 0 bridgehead atoms. The Bertz CT molecular complexity index is 867. The molecule has 0 heterocycles. The number of methoxy groups -OCH3 is 1. The highest BCUT2D eigenvalue weighted by atomic mass is 16.5. The van der Waals surface area contributed by atoms with Gasteiger partial charge in [-0.3, -0.25) is 9.59 Å². The van der Waals surface area contributed by atoms with Crippen molar-refractivity contribution in [1.82, 2.24) is 0 Å². The zero-order valence-corrected chi connectivity index (χ0v) is 20.8. The third kappa shape index (κ3) is 3.78. The van der Waals surface area contributed by atoms with Gasteiger partial charge < -0.3 is 24.5 Å². The molecule has 10 atom stereocenters. The zero-order valence-electron chi connectivity index (χ0n) is 20.8. The molecule has 4 fully saturated rings. The number of ketones is 1. The minimum Gasteiger partial charge on any atom is -0.550 e. The Balaban J connectivity index is 1.65. The van der Waals surface area contributed by atoms with Crippen molar-refractivity contribution in [2.45, 2.75) is 78.6 Å². The molecule has 0 aromatic carbocycles. The SMILES string of the molecule is COC(=O)CC[C@H](C)[C@H]1CC[C@H]2[C@H]3C(=O)C[C@@H]4C[C@H](C(=O)[O-])CC[C@]4(C)[C@H]3C[C@H](C(=O)[O-])[C@]12C. The van der Waals surface area contributed by atoms with E-state index in [1.807, 2.05) is 0 Å². The number of fused-ring (bicyclic) bond motifs is 5. The molecule has 0 saturated heterocycles. The van der Waals surface area contributed by atoms with Gasteiger partial charge in [-0.05, 0) is 91.3 Å².